The third-order valence-corrected chi connectivity index (χ3v) is 2.53. The summed E-state index contributed by atoms with van der Waals surface area (Å²) in [5.41, 5.74) is 0. The van der Waals surface area contributed by atoms with Gasteiger partial charge in [0.2, 0.25) is 0 Å². The highest BCUT2D eigenvalue weighted by atomic mass is 13.9. The molecule has 0 spiro atoms. The molecule has 0 aromatic carbocycles. The molecule has 1 aliphatic rings. The Morgan fingerprint density at radius 1 is 0.429 bits per heavy atom. The summed E-state index contributed by atoms with van der Waals surface area (Å²) < 4.78 is 0. The van der Waals surface area contributed by atoms with E-state index in [9.17, 15) is 0 Å². The van der Waals surface area contributed by atoms with Gasteiger partial charge in [-0.2, -0.15) is 0 Å². The normalized spacial score (nSPS) is 27.4. The lowest BCUT2D eigenvalue weighted by molar-refractivity contribution is 0.744. The van der Waals surface area contributed by atoms with Gasteiger partial charge in [-0.3, -0.25) is 0 Å². The van der Waals surface area contributed by atoms with Crippen molar-refractivity contribution in [3.05, 3.63) is 36.5 Å². The van der Waals surface area contributed by atoms with Gasteiger partial charge in [0, 0.05) is 0 Å². The van der Waals surface area contributed by atoms with E-state index in [1.165, 1.54) is 51.4 Å². The topological polar surface area (TPSA) is 0 Å². The average Bonchev–Trinajstić information content (AvgIpc) is 2.22. The van der Waals surface area contributed by atoms with Gasteiger partial charge in [-0.25, -0.2) is 0 Å². The first-order valence-electron chi connectivity index (χ1n) is 5.97. The fraction of sp³-hybridized carbons (Fsp3) is 0.571. The zero-order valence-corrected chi connectivity index (χ0v) is 9.12. The van der Waals surface area contributed by atoms with Gasteiger partial charge >= 0.3 is 0 Å². The SMILES string of the molecule is C1=C\CCCC/C=C/CCCC/C=C/1. The lowest BCUT2D eigenvalue weighted by Crippen LogP contribution is -1.75. The number of hydrogen-bond acceptors (Lipinski definition) is 0. The molecule has 0 heteroatoms. The van der Waals surface area contributed by atoms with Crippen molar-refractivity contribution in [1.29, 1.82) is 0 Å². The van der Waals surface area contributed by atoms with Crippen LogP contribution < -0.4 is 0 Å². The van der Waals surface area contributed by atoms with Gasteiger partial charge in [-0.15, -0.1) is 0 Å². The second-order valence-electron chi connectivity index (χ2n) is 3.90. The molecule has 0 radical (unpaired) electrons. The largest absolute Gasteiger partial charge is 0.0885 e. The molecule has 0 N–H and O–H groups in total. The molecule has 0 saturated heterocycles. The summed E-state index contributed by atoms with van der Waals surface area (Å²) in [5, 5.41) is 0. The first kappa shape index (κ1) is 11.3. The van der Waals surface area contributed by atoms with Crippen LogP contribution in [0.5, 0.6) is 0 Å². The summed E-state index contributed by atoms with van der Waals surface area (Å²) in [6, 6.07) is 0. The lowest BCUT2D eigenvalue weighted by Gasteiger charge is -1.95. The van der Waals surface area contributed by atoms with Crippen LogP contribution in [0.4, 0.5) is 0 Å². The maximum atomic E-state index is 2.35. The van der Waals surface area contributed by atoms with E-state index < -0.39 is 0 Å². The van der Waals surface area contributed by atoms with E-state index in [4.69, 9.17) is 0 Å². The third kappa shape index (κ3) is 6.71. The van der Waals surface area contributed by atoms with Gasteiger partial charge in [0.1, 0.15) is 0 Å². The molecule has 14 heavy (non-hydrogen) atoms. The molecule has 0 amide bonds. The second-order valence-corrected chi connectivity index (χ2v) is 3.90. The molecule has 0 saturated carbocycles. The first-order chi connectivity index (χ1) is 7.00. The summed E-state index contributed by atoms with van der Waals surface area (Å²) in [6.07, 6.45) is 24.0. The Bertz CT molecular complexity index is 174. The van der Waals surface area contributed by atoms with Gasteiger partial charge in [-0.1, -0.05) is 36.5 Å². The molecule has 0 unspecified atom stereocenters. The Balaban J connectivity index is 2.25. The van der Waals surface area contributed by atoms with E-state index in [1.807, 2.05) is 0 Å². The number of hydrogen-bond donors (Lipinski definition) is 0. The van der Waals surface area contributed by atoms with Crippen molar-refractivity contribution >= 4 is 0 Å². The van der Waals surface area contributed by atoms with E-state index in [-0.39, 0.29) is 0 Å². The summed E-state index contributed by atoms with van der Waals surface area (Å²) in [6.45, 7) is 0. The van der Waals surface area contributed by atoms with Crippen molar-refractivity contribution in [2.75, 3.05) is 0 Å². The maximum Gasteiger partial charge on any atom is -0.0347 e. The van der Waals surface area contributed by atoms with Crippen LogP contribution in [0, 0.1) is 0 Å². The Labute approximate surface area is 88.4 Å². The zero-order valence-electron chi connectivity index (χ0n) is 9.12. The third-order valence-electron chi connectivity index (χ3n) is 2.53. The van der Waals surface area contributed by atoms with E-state index in [1.54, 1.807) is 0 Å². The average molecular weight is 190 g/mol. The standard InChI is InChI=1S/C14H22/c1-2-4-6-8-10-12-14-13-11-9-7-5-3-1/h1-4,13-14H,5-12H2/b3-1-,4-2+,14-13+. The number of allylic oxidation sites excluding steroid dienone is 6. The van der Waals surface area contributed by atoms with Gasteiger partial charge in [-0.05, 0) is 51.4 Å². The Kier molecular flexibility index (Phi) is 7.10. The van der Waals surface area contributed by atoms with E-state index >= 15 is 0 Å². The predicted molar refractivity (Wildman–Crippen MR) is 64.4 cm³/mol. The highest BCUT2D eigenvalue weighted by Gasteiger charge is 1.86. The molecule has 0 aliphatic heterocycles. The van der Waals surface area contributed by atoms with Crippen molar-refractivity contribution in [3.63, 3.8) is 0 Å². The molecule has 0 nitrogen and oxygen atoms in total. The molecule has 1 aliphatic carbocycles. The molecule has 0 aromatic rings. The van der Waals surface area contributed by atoms with Crippen molar-refractivity contribution in [2.24, 2.45) is 0 Å². The van der Waals surface area contributed by atoms with Gasteiger partial charge < -0.3 is 0 Å². The Morgan fingerprint density at radius 2 is 0.786 bits per heavy atom. The summed E-state index contributed by atoms with van der Waals surface area (Å²) in [4.78, 5) is 0. The summed E-state index contributed by atoms with van der Waals surface area (Å²) >= 11 is 0. The van der Waals surface area contributed by atoms with Crippen LogP contribution in [-0.2, 0) is 0 Å². The van der Waals surface area contributed by atoms with Crippen LogP contribution in [0.2, 0.25) is 0 Å². The van der Waals surface area contributed by atoms with Crippen LogP contribution >= 0.6 is 0 Å². The summed E-state index contributed by atoms with van der Waals surface area (Å²) in [5.74, 6) is 0. The van der Waals surface area contributed by atoms with Crippen LogP contribution in [-0.4, -0.2) is 0 Å². The fourth-order valence-electron chi connectivity index (χ4n) is 1.63. The molecular weight excluding hydrogens is 168 g/mol. The molecule has 0 heterocycles. The van der Waals surface area contributed by atoms with Gasteiger partial charge in [0.25, 0.3) is 0 Å². The number of rotatable bonds is 0. The van der Waals surface area contributed by atoms with Crippen LogP contribution in [0.1, 0.15) is 51.4 Å². The maximum absolute atomic E-state index is 2.35. The van der Waals surface area contributed by atoms with E-state index in [2.05, 4.69) is 36.5 Å². The minimum absolute atomic E-state index is 1.23. The van der Waals surface area contributed by atoms with Crippen molar-refractivity contribution in [3.8, 4) is 0 Å². The Hall–Kier alpha value is -0.780. The van der Waals surface area contributed by atoms with Crippen LogP contribution in [0.3, 0.4) is 0 Å². The molecule has 0 atom stereocenters. The van der Waals surface area contributed by atoms with Gasteiger partial charge in [0.05, 0.1) is 0 Å². The molecule has 0 bridgehead atoms. The summed E-state index contributed by atoms with van der Waals surface area (Å²) in [7, 11) is 0. The minimum atomic E-state index is 1.23. The second kappa shape index (κ2) is 8.80. The van der Waals surface area contributed by atoms with Crippen LogP contribution in [0.15, 0.2) is 36.5 Å². The minimum Gasteiger partial charge on any atom is -0.0885 e. The van der Waals surface area contributed by atoms with Crippen molar-refractivity contribution in [2.45, 2.75) is 51.4 Å². The Morgan fingerprint density at radius 3 is 1.21 bits per heavy atom. The smallest absolute Gasteiger partial charge is 0.0347 e. The molecule has 1 rings (SSSR count). The van der Waals surface area contributed by atoms with Crippen molar-refractivity contribution < 1.29 is 0 Å². The quantitative estimate of drug-likeness (QED) is 0.482. The van der Waals surface area contributed by atoms with Gasteiger partial charge in [0.15, 0.2) is 0 Å². The fourth-order valence-corrected chi connectivity index (χ4v) is 1.63. The van der Waals surface area contributed by atoms with Crippen molar-refractivity contribution in [1.82, 2.24) is 0 Å². The molecule has 78 valence electrons. The zero-order chi connectivity index (χ0) is 9.90. The molecule has 0 aromatic heterocycles. The lowest BCUT2D eigenvalue weighted by atomic mass is 10.1. The predicted octanol–water partition coefficient (Wildman–Crippen LogP) is 4.79. The highest BCUT2D eigenvalue weighted by Crippen LogP contribution is 2.06. The highest BCUT2D eigenvalue weighted by molar-refractivity contribution is 5.02. The first-order valence-corrected chi connectivity index (χ1v) is 5.97. The van der Waals surface area contributed by atoms with Crippen LogP contribution in [0.25, 0.3) is 0 Å². The van der Waals surface area contributed by atoms with E-state index in [0.717, 1.165) is 0 Å². The van der Waals surface area contributed by atoms with E-state index in [0.29, 0.717) is 0 Å². The molecular formula is C14H22. The molecule has 0 fully saturated rings. The monoisotopic (exact) mass is 190 g/mol.